The molecule has 0 saturated carbocycles. The summed E-state index contributed by atoms with van der Waals surface area (Å²) < 4.78 is 4.49. The minimum Gasteiger partial charge on any atom is -0.465 e. The molecule has 6 nitrogen and oxygen atoms in total. The van der Waals surface area contributed by atoms with E-state index in [1.165, 1.54) is 26.2 Å². The van der Waals surface area contributed by atoms with E-state index < -0.39 is 10.9 Å². The lowest BCUT2D eigenvalue weighted by Gasteiger charge is -2.05. The Hall–Kier alpha value is -2.11. The van der Waals surface area contributed by atoms with E-state index in [2.05, 4.69) is 4.74 Å². The highest BCUT2D eigenvalue weighted by Gasteiger charge is 2.21. The van der Waals surface area contributed by atoms with Crippen molar-refractivity contribution < 1.29 is 14.5 Å². The van der Waals surface area contributed by atoms with Crippen molar-refractivity contribution >= 4 is 17.3 Å². The van der Waals surface area contributed by atoms with Crippen LogP contribution in [0.1, 0.15) is 15.9 Å². The normalized spacial score (nSPS) is 9.73. The average molecular weight is 210 g/mol. The standard InChI is InChI=1S/C9H10N2O4/c1-5-6(9(12)15-2)3-4-7(10)8(5)11(13)14/h3-4H,10H2,1-2H3. The van der Waals surface area contributed by atoms with Crippen LogP contribution in [0.15, 0.2) is 12.1 Å². The Morgan fingerprint density at radius 1 is 1.53 bits per heavy atom. The van der Waals surface area contributed by atoms with Gasteiger partial charge in [0, 0.05) is 5.56 Å². The number of nitro groups is 1. The maximum Gasteiger partial charge on any atom is 0.338 e. The van der Waals surface area contributed by atoms with Gasteiger partial charge in [0.25, 0.3) is 5.69 Å². The van der Waals surface area contributed by atoms with Gasteiger partial charge in [-0.05, 0) is 19.1 Å². The number of carbonyl (C=O) groups is 1. The quantitative estimate of drug-likeness (QED) is 0.343. The first-order valence-corrected chi connectivity index (χ1v) is 4.10. The molecule has 0 amide bonds. The molecule has 0 heterocycles. The number of hydrogen-bond donors (Lipinski definition) is 1. The van der Waals surface area contributed by atoms with Crippen LogP contribution in [-0.4, -0.2) is 18.0 Å². The number of nitrogen functional groups attached to an aromatic ring is 1. The minimum absolute atomic E-state index is 0.0325. The fourth-order valence-corrected chi connectivity index (χ4v) is 1.29. The van der Waals surface area contributed by atoms with E-state index in [0.29, 0.717) is 0 Å². The molecule has 0 radical (unpaired) electrons. The van der Waals surface area contributed by atoms with Crippen LogP contribution in [0.5, 0.6) is 0 Å². The van der Waals surface area contributed by atoms with Crippen LogP contribution in [0, 0.1) is 17.0 Å². The summed E-state index contributed by atoms with van der Waals surface area (Å²) in [6.07, 6.45) is 0. The van der Waals surface area contributed by atoms with E-state index >= 15 is 0 Å². The van der Waals surface area contributed by atoms with Crippen molar-refractivity contribution in [3.63, 3.8) is 0 Å². The van der Waals surface area contributed by atoms with Gasteiger partial charge in [0.05, 0.1) is 17.6 Å². The lowest BCUT2D eigenvalue weighted by Crippen LogP contribution is -2.07. The SMILES string of the molecule is COC(=O)c1ccc(N)c([N+](=O)[O-])c1C. The number of ether oxygens (including phenoxy) is 1. The smallest absolute Gasteiger partial charge is 0.338 e. The zero-order valence-electron chi connectivity index (χ0n) is 8.31. The molecule has 80 valence electrons. The van der Waals surface area contributed by atoms with Gasteiger partial charge in [-0.3, -0.25) is 10.1 Å². The number of anilines is 1. The molecule has 0 bridgehead atoms. The highest BCUT2D eigenvalue weighted by molar-refractivity contribution is 5.93. The second-order valence-electron chi connectivity index (χ2n) is 2.92. The minimum atomic E-state index is -0.615. The number of nitrogens with two attached hydrogens (primary N) is 1. The van der Waals surface area contributed by atoms with Crippen molar-refractivity contribution in [1.82, 2.24) is 0 Å². The molecule has 1 aromatic rings. The highest BCUT2D eigenvalue weighted by Crippen LogP contribution is 2.28. The first-order chi connectivity index (χ1) is 6.99. The average Bonchev–Trinajstić information content (AvgIpc) is 2.16. The molecule has 0 atom stereocenters. The topological polar surface area (TPSA) is 95.5 Å². The fourth-order valence-electron chi connectivity index (χ4n) is 1.29. The van der Waals surface area contributed by atoms with E-state index in [1.54, 1.807) is 0 Å². The van der Waals surface area contributed by atoms with Crippen LogP contribution in [0.2, 0.25) is 0 Å². The molecule has 6 heteroatoms. The molecule has 0 fully saturated rings. The number of esters is 1. The lowest BCUT2D eigenvalue weighted by atomic mass is 10.1. The van der Waals surface area contributed by atoms with E-state index in [-0.39, 0.29) is 22.5 Å². The summed E-state index contributed by atoms with van der Waals surface area (Å²) in [7, 11) is 1.21. The molecule has 0 aliphatic rings. The summed E-state index contributed by atoms with van der Waals surface area (Å²) in [5.41, 5.74) is 5.59. The molecule has 0 unspecified atom stereocenters. The maximum atomic E-state index is 11.2. The molecular formula is C9H10N2O4. The molecule has 0 aromatic heterocycles. The highest BCUT2D eigenvalue weighted by atomic mass is 16.6. The molecule has 1 aromatic carbocycles. The first-order valence-electron chi connectivity index (χ1n) is 4.10. The number of rotatable bonds is 2. The lowest BCUT2D eigenvalue weighted by molar-refractivity contribution is -0.384. The zero-order chi connectivity index (χ0) is 11.6. The van der Waals surface area contributed by atoms with E-state index in [9.17, 15) is 14.9 Å². The van der Waals surface area contributed by atoms with Gasteiger partial charge in [0.2, 0.25) is 0 Å². The second-order valence-corrected chi connectivity index (χ2v) is 2.92. The summed E-state index contributed by atoms with van der Waals surface area (Å²) in [5.74, 6) is -0.615. The number of hydrogen-bond acceptors (Lipinski definition) is 5. The van der Waals surface area contributed by atoms with Crippen LogP contribution in [0.3, 0.4) is 0 Å². The van der Waals surface area contributed by atoms with Crippen LogP contribution < -0.4 is 5.73 Å². The summed E-state index contributed by atoms with van der Waals surface area (Å²) in [6.45, 7) is 1.46. The summed E-state index contributed by atoms with van der Waals surface area (Å²) in [4.78, 5) is 21.3. The van der Waals surface area contributed by atoms with Gasteiger partial charge in [-0.15, -0.1) is 0 Å². The van der Waals surface area contributed by atoms with E-state index in [0.717, 1.165) is 0 Å². The van der Waals surface area contributed by atoms with Gasteiger partial charge in [-0.2, -0.15) is 0 Å². The van der Waals surface area contributed by atoms with Crippen molar-refractivity contribution in [3.05, 3.63) is 33.4 Å². The Balaban J connectivity index is 3.41. The first kappa shape index (κ1) is 11.0. The Morgan fingerprint density at radius 3 is 2.60 bits per heavy atom. The molecular weight excluding hydrogens is 200 g/mol. The molecule has 15 heavy (non-hydrogen) atoms. The van der Waals surface area contributed by atoms with Gasteiger partial charge in [-0.1, -0.05) is 0 Å². The van der Waals surface area contributed by atoms with E-state index in [4.69, 9.17) is 5.73 Å². The Morgan fingerprint density at radius 2 is 2.13 bits per heavy atom. The van der Waals surface area contributed by atoms with Crippen molar-refractivity contribution in [2.24, 2.45) is 0 Å². The summed E-state index contributed by atoms with van der Waals surface area (Å²) in [6, 6.07) is 2.72. The fraction of sp³-hybridized carbons (Fsp3) is 0.222. The Kier molecular flexibility index (Phi) is 2.89. The second kappa shape index (κ2) is 3.95. The van der Waals surface area contributed by atoms with Gasteiger partial charge >= 0.3 is 5.97 Å². The molecule has 1 rings (SSSR count). The van der Waals surface area contributed by atoms with E-state index in [1.807, 2.05) is 0 Å². The van der Waals surface area contributed by atoms with Crippen molar-refractivity contribution in [2.45, 2.75) is 6.92 Å². The number of benzene rings is 1. The Labute approximate surface area is 85.8 Å². The van der Waals surface area contributed by atoms with Crippen molar-refractivity contribution in [2.75, 3.05) is 12.8 Å². The summed E-state index contributed by atoms with van der Waals surface area (Å²) in [5, 5.41) is 10.7. The Bertz CT molecular complexity index is 428. The molecule has 0 saturated heterocycles. The van der Waals surface area contributed by atoms with Crippen LogP contribution in [-0.2, 0) is 4.74 Å². The predicted octanol–water partition coefficient (Wildman–Crippen LogP) is 1.27. The van der Waals surface area contributed by atoms with Crippen molar-refractivity contribution in [1.29, 1.82) is 0 Å². The summed E-state index contributed by atoms with van der Waals surface area (Å²) >= 11 is 0. The van der Waals surface area contributed by atoms with Gasteiger partial charge in [-0.25, -0.2) is 4.79 Å². The predicted molar refractivity (Wildman–Crippen MR) is 53.6 cm³/mol. The molecule has 2 N–H and O–H groups in total. The molecule has 0 spiro atoms. The zero-order valence-corrected chi connectivity index (χ0v) is 8.31. The van der Waals surface area contributed by atoms with Crippen molar-refractivity contribution in [3.8, 4) is 0 Å². The molecule has 0 aliphatic heterocycles. The van der Waals surface area contributed by atoms with Gasteiger partial charge in [0.15, 0.2) is 0 Å². The number of methoxy groups -OCH3 is 1. The maximum absolute atomic E-state index is 11.2. The number of nitrogens with zero attached hydrogens (tertiary/aromatic N) is 1. The van der Waals surface area contributed by atoms with Crippen LogP contribution in [0.4, 0.5) is 11.4 Å². The molecule has 0 aliphatic carbocycles. The van der Waals surface area contributed by atoms with Gasteiger partial charge < -0.3 is 10.5 Å². The number of nitro benzene ring substituents is 1. The van der Waals surface area contributed by atoms with Crippen LogP contribution >= 0.6 is 0 Å². The van der Waals surface area contributed by atoms with Gasteiger partial charge in [0.1, 0.15) is 5.69 Å². The van der Waals surface area contributed by atoms with Crippen LogP contribution in [0.25, 0.3) is 0 Å². The third-order valence-electron chi connectivity index (χ3n) is 2.05. The number of carbonyl (C=O) groups excluding carboxylic acids is 1. The largest absolute Gasteiger partial charge is 0.465 e. The monoisotopic (exact) mass is 210 g/mol. The third-order valence-corrected chi connectivity index (χ3v) is 2.05. The third kappa shape index (κ3) is 1.88.